The van der Waals surface area contributed by atoms with E-state index in [1.165, 1.54) is 17.1 Å². The molecule has 1 fully saturated rings. The van der Waals surface area contributed by atoms with Crippen LogP contribution < -0.4 is 0 Å². The van der Waals surface area contributed by atoms with Crippen molar-refractivity contribution in [3.63, 3.8) is 0 Å². The maximum absolute atomic E-state index is 11.9. The van der Waals surface area contributed by atoms with E-state index in [1.807, 2.05) is 0 Å². The summed E-state index contributed by atoms with van der Waals surface area (Å²) >= 11 is 0.910. The third kappa shape index (κ3) is 4.82. The molecule has 0 spiro atoms. The van der Waals surface area contributed by atoms with Gasteiger partial charge in [0.05, 0.1) is 5.92 Å². The maximum Gasteiger partial charge on any atom is 0.369 e. The first-order valence-corrected chi connectivity index (χ1v) is 8.64. The number of hydrogen-bond acceptors (Lipinski definition) is 7. The number of thioether (sulfide) groups is 1. The molecule has 2 aliphatic rings. The summed E-state index contributed by atoms with van der Waals surface area (Å²) in [6, 6.07) is 0. The van der Waals surface area contributed by atoms with Crippen LogP contribution in [0.15, 0.2) is 12.2 Å². The molecular formula is C15H19NO6S. The number of nitrogens with zero attached hydrogens (tertiary/aromatic N) is 1. The van der Waals surface area contributed by atoms with Crippen LogP contribution in [0.2, 0.25) is 0 Å². The van der Waals surface area contributed by atoms with Crippen molar-refractivity contribution in [2.75, 3.05) is 19.6 Å². The molecule has 0 saturated heterocycles. The van der Waals surface area contributed by atoms with E-state index in [9.17, 15) is 19.2 Å². The molecule has 126 valence electrons. The second-order valence-corrected chi connectivity index (χ2v) is 6.26. The van der Waals surface area contributed by atoms with Crippen LogP contribution in [-0.2, 0) is 23.9 Å². The van der Waals surface area contributed by atoms with E-state index in [-0.39, 0.29) is 36.4 Å². The van der Waals surface area contributed by atoms with Crippen LogP contribution in [0.3, 0.4) is 0 Å². The minimum absolute atomic E-state index is 0.209. The molecule has 0 N–H and O–H groups in total. The molecule has 2 rings (SSSR count). The minimum atomic E-state index is -0.491. The second-order valence-electron chi connectivity index (χ2n) is 5.52. The van der Waals surface area contributed by atoms with Crippen LogP contribution >= 0.6 is 11.8 Å². The number of rotatable bonds is 5. The Morgan fingerprint density at radius 2 is 1.74 bits per heavy atom. The molecule has 0 radical (unpaired) electrons. The van der Waals surface area contributed by atoms with Crippen molar-refractivity contribution in [1.29, 1.82) is 0 Å². The Morgan fingerprint density at radius 1 is 1.13 bits per heavy atom. The smallest absolute Gasteiger partial charge is 0.369 e. The molecular weight excluding hydrogens is 322 g/mol. The Labute approximate surface area is 138 Å². The van der Waals surface area contributed by atoms with Gasteiger partial charge in [0.1, 0.15) is 0 Å². The van der Waals surface area contributed by atoms with Crippen molar-refractivity contribution < 1.29 is 28.7 Å². The Kier molecular flexibility index (Phi) is 6.20. The SMILES string of the molecule is CSC(=O)OCOC(=O)C1CCC(CN2C(=O)C=CC2=O)CC1. The highest BCUT2D eigenvalue weighted by molar-refractivity contribution is 8.12. The number of hydrogen-bond donors (Lipinski definition) is 0. The summed E-state index contributed by atoms with van der Waals surface area (Å²) in [4.78, 5) is 47.1. The molecule has 0 aromatic heterocycles. The third-order valence-electron chi connectivity index (χ3n) is 4.07. The molecule has 1 aliphatic carbocycles. The molecule has 23 heavy (non-hydrogen) atoms. The van der Waals surface area contributed by atoms with Crippen LogP contribution in [-0.4, -0.2) is 47.6 Å². The van der Waals surface area contributed by atoms with Gasteiger partial charge in [0.2, 0.25) is 6.79 Å². The fraction of sp³-hybridized carbons (Fsp3) is 0.600. The van der Waals surface area contributed by atoms with Gasteiger partial charge in [0, 0.05) is 18.7 Å². The summed E-state index contributed by atoms with van der Waals surface area (Å²) in [5.74, 6) is -0.921. The van der Waals surface area contributed by atoms with Gasteiger partial charge in [-0.2, -0.15) is 0 Å². The topological polar surface area (TPSA) is 90.0 Å². The van der Waals surface area contributed by atoms with E-state index in [4.69, 9.17) is 4.74 Å². The maximum atomic E-state index is 11.9. The summed E-state index contributed by atoms with van der Waals surface area (Å²) in [5.41, 5.74) is 0. The lowest BCUT2D eigenvalue weighted by Gasteiger charge is -2.29. The molecule has 0 atom stereocenters. The zero-order valence-corrected chi connectivity index (χ0v) is 13.7. The third-order valence-corrected chi connectivity index (χ3v) is 4.52. The molecule has 1 saturated carbocycles. The Hall–Kier alpha value is -1.83. The molecule has 0 unspecified atom stereocenters. The zero-order valence-electron chi connectivity index (χ0n) is 12.9. The van der Waals surface area contributed by atoms with Gasteiger partial charge in [0.25, 0.3) is 11.8 Å². The Morgan fingerprint density at radius 3 is 2.30 bits per heavy atom. The average molecular weight is 341 g/mol. The summed E-state index contributed by atoms with van der Waals surface area (Å²) in [6.07, 6.45) is 6.93. The van der Waals surface area contributed by atoms with Gasteiger partial charge >= 0.3 is 11.3 Å². The number of ether oxygens (including phenoxy) is 2. The monoisotopic (exact) mass is 341 g/mol. The normalized spacial score (nSPS) is 24.0. The van der Waals surface area contributed by atoms with Crippen molar-refractivity contribution >= 4 is 34.8 Å². The van der Waals surface area contributed by atoms with E-state index in [0.29, 0.717) is 19.4 Å². The lowest BCUT2D eigenvalue weighted by atomic mass is 9.82. The van der Waals surface area contributed by atoms with Gasteiger partial charge in [-0.3, -0.25) is 19.3 Å². The van der Waals surface area contributed by atoms with Crippen LogP contribution in [0.1, 0.15) is 25.7 Å². The lowest BCUT2D eigenvalue weighted by molar-refractivity contribution is -0.158. The van der Waals surface area contributed by atoms with Gasteiger partial charge in [-0.05, 0) is 49.6 Å². The van der Waals surface area contributed by atoms with Crippen molar-refractivity contribution in [2.24, 2.45) is 11.8 Å². The van der Waals surface area contributed by atoms with Crippen molar-refractivity contribution in [3.05, 3.63) is 12.2 Å². The molecule has 2 amide bonds. The molecule has 8 heteroatoms. The van der Waals surface area contributed by atoms with Crippen molar-refractivity contribution in [2.45, 2.75) is 25.7 Å². The summed E-state index contributed by atoms with van der Waals surface area (Å²) < 4.78 is 9.61. The van der Waals surface area contributed by atoms with Crippen molar-refractivity contribution in [1.82, 2.24) is 4.90 Å². The highest BCUT2D eigenvalue weighted by Crippen LogP contribution is 2.30. The van der Waals surface area contributed by atoms with Crippen LogP contribution in [0, 0.1) is 11.8 Å². The Bertz CT molecular complexity index is 506. The first-order valence-electron chi connectivity index (χ1n) is 7.42. The molecule has 0 aromatic carbocycles. The highest BCUT2D eigenvalue weighted by atomic mass is 32.2. The van der Waals surface area contributed by atoms with E-state index in [0.717, 1.165) is 24.6 Å². The Balaban J connectivity index is 1.69. The quantitative estimate of drug-likeness (QED) is 0.427. The van der Waals surface area contributed by atoms with Gasteiger partial charge in [-0.15, -0.1) is 0 Å². The number of esters is 1. The number of amides is 2. The fourth-order valence-electron chi connectivity index (χ4n) is 2.76. The molecule has 0 aromatic rings. The van der Waals surface area contributed by atoms with Gasteiger partial charge in [-0.25, -0.2) is 4.79 Å². The zero-order chi connectivity index (χ0) is 16.8. The minimum Gasteiger partial charge on any atom is -0.428 e. The lowest BCUT2D eigenvalue weighted by Crippen LogP contribution is -2.36. The number of carbonyl (C=O) groups excluding carboxylic acids is 4. The predicted octanol–water partition coefficient (Wildman–Crippen LogP) is 1.72. The molecule has 0 bridgehead atoms. The largest absolute Gasteiger partial charge is 0.428 e. The summed E-state index contributed by atoms with van der Waals surface area (Å²) in [6.45, 7) is 0.0403. The second kappa shape index (κ2) is 8.14. The van der Waals surface area contributed by atoms with Crippen LogP contribution in [0.5, 0.6) is 0 Å². The number of imide groups is 1. The first kappa shape index (κ1) is 17.5. The van der Waals surface area contributed by atoms with Crippen LogP contribution in [0.25, 0.3) is 0 Å². The van der Waals surface area contributed by atoms with E-state index < -0.39 is 5.30 Å². The van der Waals surface area contributed by atoms with Gasteiger partial charge in [-0.1, -0.05) is 0 Å². The molecule has 1 heterocycles. The number of carbonyl (C=O) groups is 4. The van der Waals surface area contributed by atoms with Crippen LogP contribution in [0.4, 0.5) is 4.79 Å². The predicted molar refractivity (Wildman–Crippen MR) is 82.3 cm³/mol. The first-order chi connectivity index (χ1) is 11.0. The highest BCUT2D eigenvalue weighted by Gasteiger charge is 2.31. The van der Waals surface area contributed by atoms with Gasteiger partial charge in [0.15, 0.2) is 0 Å². The van der Waals surface area contributed by atoms with E-state index >= 15 is 0 Å². The molecule has 7 nitrogen and oxygen atoms in total. The van der Waals surface area contributed by atoms with E-state index in [2.05, 4.69) is 4.74 Å². The van der Waals surface area contributed by atoms with E-state index in [1.54, 1.807) is 6.26 Å². The summed E-state index contributed by atoms with van der Waals surface area (Å²) in [5, 5.41) is -0.491. The van der Waals surface area contributed by atoms with Gasteiger partial charge < -0.3 is 9.47 Å². The summed E-state index contributed by atoms with van der Waals surface area (Å²) in [7, 11) is 0. The standard InChI is InChI=1S/C15H19NO6S/c1-23-15(20)22-9-21-14(19)11-4-2-10(3-5-11)8-16-12(17)6-7-13(16)18/h6-7,10-11H,2-5,8-9H2,1H3. The fourth-order valence-corrected chi connectivity index (χ4v) is 2.93. The average Bonchev–Trinajstić information content (AvgIpc) is 2.87. The van der Waals surface area contributed by atoms with Crippen molar-refractivity contribution in [3.8, 4) is 0 Å². The molecule has 1 aliphatic heterocycles.